The van der Waals surface area contributed by atoms with Crippen molar-refractivity contribution in [3.63, 3.8) is 0 Å². The molecule has 0 spiro atoms. The van der Waals surface area contributed by atoms with Gasteiger partial charge in [0.25, 0.3) is 5.91 Å². The summed E-state index contributed by atoms with van der Waals surface area (Å²) >= 11 is 0. The molecule has 0 aliphatic heterocycles. The van der Waals surface area contributed by atoms with Crippen molar-refractivity contribution in [1.82, 2.24) is 25.2 Å². The maximum atomic E-state index is 12.2. The van der Waals surface area contributed by atoms with Crippen LogP contribution < -0.4 is 11.1 Å². The van der Waals surface area contributed by atoms with E-state index in [1.165, 1.54) is 0 Å². The summed E-state index contributed by atoms with van der Waals surface area (Å²) in [6.07, 6.45) is 4.41. The summed E-state index contributed by atoms with van der Waals surface area (Å²) in [7, 11) is 1.76. The van der Waals surface area contributed by atoms with Gasteiger partial charge in [0.15, 0.2) is 5.82 Å². The molecule has 1 saturated carbocycles. The summed E-state index contributed by atoms with van der Waals surface area (Å²) in [4.78, 5) is 25.4. The zero-order valence-corrected chi connectivity index (χ0v) is 11.0. The van der Waals surface area contributed by atoms with Gasteiger partial charge in [-0.25, -0.2) is 4.79 Å². The van der Waals surface area contributed by atoms with Crippen LogP contribution in [0.3, 0.4) is 0 Å². The first kappa shape index (κ1) is 12.6. The van der Waals surface area contributed by atoms with E-state index in [2.05, 4.69) is 25.1 Å². The maximum Gasteiger partial charge on any atom is 0.438 e. The molecule has 106 valence electrons. The molecular weight excluding hydrogens is 262 g/mol. The van der Waals surface area contributed by atoms with Crippen LogP contribution in [0, 0.1) is 0 Å². The number of carbonyl (C=O) groups excluding carboxylic acids is 1. The summed E-state index contributed by atoms with van der Waals surface area (Å²) in [5.74, 6) is 0.144. The van der Waals surface area contributed by atoms with E-state index in [4.69, 9.17) is 0 Å². The highest BCUT2D eigenvalue weighted by Crippen LogP contribution is 2.41. The third-order valence-corrected chi connectivity index (χ3v) is 3.33. The van der Waals surface area contributed by atoms with Gasteiger partial charge in [-0.15, -0.1) is 0 Å². The Kier molecular flexibility index (Phi) is 3.13. The van der Waals surface area contributed by atoms with Gasteiger partial charge in [0, 0.05) is 25.6 Å². The van der Waals surface area contributed by atoms with Crippen LogP contribution in [0.1, 0.15) is 40.6 Å². The van der Waals surface area contributed by atoms with Crippen LogP contribution in [0.2, 0.25) is 0 Å². The van der Waals surface area contributed by atoms with E-state index in [-0.39, 0.29) is 5.91 Å². The zero-order valence-electron chi connectivity index (χ0n) is 11.0. The van der Waals surface area contributed by atoms with Crippen LogP contribution in [0.25, 0.3) is 0 Å². The number of nitrogens with zero attached hydrogens (tertiary/aromatic N) is 3. The number of aryl methyl sites for hydroxylation is 1. The van der Waals surface area contributed by atoms with Crippen molar-refractivity contribution >= 4 is 5.91 Å². The molecule has 1 fully saturated rings. The lowest BCUT2D eigenvalue weighted by atomic mass is 10.1. The molecule has 0 radical (unpaired) electrons. The zero-order chi connectivity index (χ0) is 14.1. The Morgan fingerprint density at radius 1 is 1.60 bits per heavy atom. The molecule has 8 heteroatoms. The highest BCUT2D eigenvalue weighted by atomic mass is 16.5. The van der Waals surface area contributed by atoms with Crippen molar-refractivity contribution in [3.8, 4) is 0 Å². The number of H-pyrrole nitrogens is 1. The molecule has 8 nitrogen and oxygen atoms in total. The minimum Gasteiger partial charge on any atom is -0.350 e. The first-order valence-corrected chi connectivity index (χ1v) is 6.50. The predicted molar refractivity (Wildman–Crippen MR) is 68.3 cm³/mol. The summed E-state index contributed by atoms with van der Waals surface area (Å²) in [5.41, 5.74) is 1.63. The highest BCUT2D eigenvalue weighted by Gasteiger charge is 2.30. The Hall–Kier alpha value is -2.38. The molecule has 2 aromatic rings. The maximum absolute atomic E-state index is 12.2. The monoisotopic (exact) mass is 277 g/mol. The second-order valence-electron chi connectivity index (χ2n) is 4.89. The van der Waals surface area contributed by atoms with Crippen LogP contribution in [0.5, 0.6) is 0 Å². The Balaban J connectivity index is 1.61. The lowest BCUT2D eigenvalue weighted by Gasteiger charge is -2.06. The van der Waals surface area contributed by atoms with Crippen molar-refractivity contribution in [2.45, 2.75) is 25.2 Å². The number of aromatic amines is 1. The number of amides is 1. The quantitative estimate of drug-likeness (QED) is 0.796. The molecule has 0 atom stereocenters. The largest absolute Gasteiger partial charge is 0.438 e. The average Bonchev–Trinajstić information content (AvgIpc) is 3.07. The highest BCUT2D eigenvalue weighted by molar-refractivity contribution is 5.94. The summed E-state index contributed by atoms with van der Waals surface area (Å²) < 4.78 is 5.98. The molecule has 0 saturated heterocycles. The van der Waals surface area contributed by atoms with Crippen molar-refractivity contribution in [2.75, 3.05) is 6.54 Å². The number of hydrogen-bond donors (Lipinski definition) is 2. The topological polar surface area (TPSA) is 106 Å². The lowest BCUT2D eigenvalue weighted by molar-refractivity contribution is 0.0943. The van der Waals surface area contributed by atoms with E-state index in [0.717, 1.165) is 18.4 Å². The number of carbonyl (C=O) groups is 1. The minimum atomic E-state index is -0.589. The average molecular weight is 277 g/mol. The second kappa shape index (κ2) is 4.95. The van der Waals surface area contributed by atoms with Crippen molar-refractivity contribution in [1.29, 1.82) is 0 Å². The molecule has 2 aromatic heterocycles. The van der Waals surface area contributed by atoms with Crippen LogP contribution in [0.4, 0.5) is 0 Å². The van der Waals surface area contributed by atoms with Crippen LogP contribution >= 0.6 is 0 Å². The lowest BCUT2D eigenvalue weighted by Crippen LogP contribution is -2.28. The van der Waals surface area contributed by atoms with Crippen LogP contribution in [-0.4, -0.2) is 32.4 Å². The van der Waals surface area contributed by atoms with Gasteiger partial charge >= 0.3 is 5.76 Å². The molecular formula is C12H15N5O3. The fourth-order valence-electron chi connectivity index (χ4n) is 2.17. The normalized spacial score (nSPS) is 14.4. The molecule has 3 rings (SSSR count). The van der Waals surface area contributed by atoms with Gasteiger partial charge in [-0.2, -0.15) is 5.10 Å². The van der Waals surface area contributed by atoms with Gasteiger partial charge in [-0.1, -0.05) is 5.16 Å². The molecule has 1 aliphatic carbocycles. The molecule has 1 aliphatic rings. The molecule has 0 bridgehead atoms. The smallest absolute Gasteiger partial charge is 0.350 e. The summed E-state index contributed by atoms with van der Waals surface area (Å²) in [6.45, 7) is 0.372. The van der Waals surface area contributed by atoms with E-state index < -0.39 is 5.76 Å². The molecule has 20 heavy (non-hydrogen) atoms. The Morgan fingerprint density at radius 2 is 2.40 bits per heavy atom. The van der Waals surface area contributed by atoms with Crippen molar-refractivity contribution in [2.24, 2.45) is 7.05 Å². The van der Waals surface area contributed by atoms with Gasteiger partial charge in [-0.3, -0.25) is 19.0 Å². The molecule has 0 aromatic carbocycles. The van der Waals surface area contributed by atoms with E-state index >= 15 is 0 Å². The number of nitrogens with one attached hydrogen (secondary N) is 2. The number of aromatic nitrogens is 4. The van der Waals surface area contributed by atoms with Crippen molar-refractivity contribution < 1.29 is 9.32 Å². The Morgan fingerprint density at radius 3 is 3.05 bits per heavy atom. The first-order chi connectivity index (χ1) is 9.65. The fourth-order valence-corrected chi connectivity index (χ4v) is 2.17. The van der Waals surface area contributed by atoms with Gasteiger partial charge in [-0.05, 0) is 18.8 Å². The van der Waals surface area contributed by atoms with Crippen molar-refractivity contribution in [3.05, 3.63) is 33.8 Å². The van der Waals surface area contributed by atoms with E-state index in [9.17, 15) is 9.59 Å². The number of hydrogen-bond acceptors (Lipinski definition) is 5. The summed E-state index contributed by atoms with van der Waals surface area (Å²) in [5, 5.41) is 10.5. The SMILES string of the molecule is Cn1ncc(C2CC2)c1C(=O)NCCc1noc(=O)[nH]1. The van der Waals surface area contributed by atoms with E-state index in [0.29, 0.717) is 30.4 Å². The van der Waals surface area contributed by atoms with Crippen LogP contribution in [0.15, 0.2) is 15.5 Å². The molecule has 2 heterocycles. The summed E-state index contributed by atoms with van der Waals surface area (Å²) in [6, 6.07) is 0. The molecule has 0 unspecified atom stereocenters. The minimum absolute atomic E-state index is 0.155. The fraction of sp³-hybridized carbons (Fsp3) is 0.500. The molecule has 2 N–H and O–H groups in total. The van der Waals surface area contributed by atoms with E-state index in [1.54, 1.807) is 17.9 Å². The van der Waals surface area contributed by atoms with E-state index in [1.807, 2.05) is 0 Å². The third kappa shape index (κ3) is 2.49. The van der Waals surface area contributed by atoms with Gasteiger partial charge in [0.1, 0.15) is 5.69 Å². The standard InChI is InChI=1S/C12H15N5O3/c1-17-10(8(6-14-17)7-2-3-7)11(18)13-5-4-9-15-12(19)20-16-9/h6-7H,2-5H2,1H3,(H,13,18)(H,15,16,19). The third-order valence-electron chi connectivity index (χ3n) is 3.33. The number of rotatable bonds is 5. The van der Waals surface area contributed by atoms with Gasteiger partial charge in [0.05, 0.1) is 6.20 Å². The van der Waals surface area contributed by atoms with Crippen LogP contribution in [-0.2, 0) is 13.5 Å². The molecule has 1 amide bonds. The first-order valence-electron chi connectivity index (χ1n) is 6.50. The predicted octanol–water partition coefficient (Wildman–Crippen LogP) is -0.0537. The second-order valence-corrected chi connectivity index (χ2v) is 4.89. The van der Waals surface area contributed by atoms with Gasteiger partial charge in [0.2, 0.25) is 0 Å². The van der Waals surface area contributed by atoms with Gasteiger partial charge < -0.3 is 5.32 Å². The Bertz CT molecular complexity index is 679. The Labute approximate surface area is 114 Å².